The largest absolute Gasteiger partial charge is 0.497 e. The maximum atomic E-state index is 12.9. The summed E-state index contributed by atoms with van der Waals surface area (Å²) in [6.07, 6.45) is 8.12. The fourth-order valence-electron chi connectivity index (χ4n) is 3.80. The molecular weight excluding hydrogens is 340 g/mol. The van der Waals surface area contributed by atoms with Gasteiger partial charge in [-0.15, -0.1) is 0 Å². The summed E-state index contributed by atoms with van der Waals surface area (Å²) in [6.45, 7) is 6.78. The summed E-state index contributed by atoms with van der Waals surface area (Å²) in [6, 6.07) is 7.67. The van der Waals surface area contributed by atoms with Crippen LogP contribution in [0, 0.1) is 5.41 Å². The van der Waals surface area contributed by atoms with Gasteiger partial charge in [0.25, 0.3) is 5.91 Å². The van der Waals surface area contributed by atoms with Gasteiger partial charge in [0.05, 0.1) is 7.11 Å². The van der Waals surface area contributed by atoms with Gasteiger partial charge in [0.2, 0.25) is 5.91 Å². The number of fused-ring (bicyclic) bond motifs is 1. The lowest BCUT2D eigenvalue weighted by atomic mass is 9.69. The van der Waals surface area contributed by atoms with Crippen molar-refractivity contribution in [3.8, 4) is 5.75 Å². The Labute approximate surface area is 160 Å². The second-order valence-electron chi connectivity index (χ2n) is 6.78. The Hall–Kier alpha value is -2.66. The van der Waals surface area contributed by atoms with Crippen molar-refractivity contribution in [2.75, 3.05) is 26.7 Å². The van der Waals surface area contributed by atoms with Crippen molar-refractivity contribution in [3.63, 3.8) is 0 Å². The van der Waals surface area contributed by atoms with Crippen LogP contribution in [0.1, 0.15) is 25.8 Å². The number of allylic oxidation sites excluding steroid dienone is 3. The molecule has 1 aliphatic carbocycles. The predicted molar refractivity (Wildman–Crippen MR) is 106 cm³/mol. The first-order chi connectivity index (χ1) is 13.0. The van der Waals surface area contributed by atoms with Crippen LogP contribution in [0.4, 0.5) is 0 Å². The lowest BCUT2D eigenvalue weighted by molar-refractivity contribution is -0.127. The summed E-state index contributed by atoms with van der Waals surface area (Å²) in [4.78, 5) is 27.6. The average molecular weight is 366 g/mol. The molecule has 1 saturated heterocycles. The zero-order chi connectivity index (χ0) is 19.4. The molecule has 1 aromatic carbocycles. The number of benzene rings is 1. The molecule has 142 valence electrons. The minimum absolute atomic E-state index is 0.227. The van der Waals surface area contributed by atoms with Crippen LogP contribution >= 0.6 is 0 Å². The molecule has 1 fully saturated rings. The van der Waals surface area contributed by atoms with Crippen molar-refractivity contribution < 1.29 is 14.3 Å². The molecule has 0 spiro atoms. The Balaban J connectivity index is 2.01. The highest BCUT2D eigenvalue weighted by atomic mass is 16.5. The van der Waals surface area contributed by atoms with Gasteiger partial charge >= 0.3 is 0 Å². The lowest BCUT2D eigenvalue weighted by Crippen LogP contribution is -2.38. The first-order valence-corrected chi connectivity index (χ1v) is 9.38. The number of imide groups is 1. The molecule has 1 aromatic rings. The van der Waals surface area contributed by atoms with E-state index in [-0.39, 0.29) is 11.8 Å². The van der Waals surface area contributed by atoms with Crippen LogP contribution in [-0.2, 0) is 9.59 Å². The fraction of sp³-hybridized carbons (Fsp3) is 0.364. The zero-order valence-electron chi connectivity index (χ0n) is 16.1. The molecule has 1 unspecified atom stereocenters. The maximum absolute atomic E-state index is 12.9. The highest BCUT2D eigenvalue weighted by Gasteiger charge is 2.53. The Morgan fingerprint density at radius 3 is 2.48 bits per heavy atom. The molecule has 2 amide bonds. The monoisotopic (exact) mass is 366 g/mol. The highest BCUT2D eigenvalue weighted by molar-refractivity contribution is 6.19. The van der Waals surface area contributed by atoms with Crippen LogP contribution in [0.5, 0.6) is 5.75 Å². The van der Waals surface area contributed by atoms with Crippen LogP contribution in [0.2, 0.25) is 0 Å². The fourth-order valence-corrected chi connectivity index (χ4v) is 3.80. The molecule has 0 saturated carbocycles. The minimum atomic E-state index is -0.922. The van der Waals surface area contributed by atoms with E-state index in [0.717, 1.165) is 36.5 Å². The van der Waals surface area contributed by atoms with Gasteiger partial charge in [-0.1, -0.05) is 50.3 Å². The first-order valence-electron chi connectivity index (χ1n) is 9.38. The molecule has 0 radical (unpaired) electrons. The number of nitrogens with zero attached hydrogens (tertiary/aromatic N) is 1. The first kappa shape index (κ1) is 19.1. The molecule has 0 aromatic heterocycles. The van der Waals surface area contributed by atoms with E-state index >= 15 is 0 Å². The van der Waals surface area contributed by atoms with Gasteiger partial charge in [-0.2, -0.15) is 0 Å². The van der Waals surface area contributed by atoms with E-state index in [1.54, 1.807) is 13.2 Å². The van der Waals surface area contributed by atoms with Gasteiger partial charge in [0, 0.05) is 5.57 Å². The summed E-state index contributed by atoms with van der Waals surface area (Å²) in [5.41, 5.74) is 1.43. The molecule has 5 heteroatoms. The van der Waals surface area contributed by atoms with Gasteiger partial charge < -0.3 is 9.64 Å². The van der Waals surface area contributed by atoms with Crippen LogP contribution in [-0.4, -0.2) is 43.5 Å². The second-order valence-corrected chi connectivity index (χ2v) is 6.78. The Bertz CT molecular complexity index is 816. The van der Waals surface area contributed by atoms with E-state index in [0.29, 0.717) is 12.0 Å². The number of hydrogen-bond acceptors (Lipinski definition) is 4. The molecular formula is C22H26N2O3. The molecule has 1 N–H and O–H groups in total. The predicted octanol–water partition coefficient (Wildman–Crippen LogP) is 2.95. The van der Waals surface area contributed by atoms with Crippen molar-refractivity contribution >= 4 is 17.9 Å². The zero-order valence-corrected chi connectivity index (χ0v) is 16.1. The normalized spacial score (nSPS) is 22.8. The molecule has 1 heterocycles. The number of amides is 2. The average Bonchev–Trinajstić information content (AvgIpc) is 2.94. The van der Waals surface area contributed by atoms with Crippen LogP contribution in [0.3, 0.4) is 0 Å². The van der Waals surface area contributed by atoms with Gasteiger partial charge in [-0.25, -0.2) is 0 Å². The number of carbonyl (C=O) groups is 2. The smallest absolute Gasteiger partial charge is 0.255 e. The van der Waals surface area contributed by atoms with E-state index in [4.69, 9.17) is 4.74 Å². The number of carbonyl (C=O) groups excluding carboxylic acids is 2. The number of nitrogens with one attached hydrogen (secondary N) is 1. The van der Waals surface area contributed by atoms with Gasteiger partial charge in [-0.05, 0) is 49.3 Å². The van der Waals surface area contributed by atoms with E-state index in [9.17, 15) is 9.59 Å². The standard InChI is InChI=1S/C22H26N2O3/c1-4-24(5-2)14-13-22-17(15-16-9-11-18(27-3)12-10-16)7-6-8-19(22)20(25)23-21(22)26/h6-12,15H,4-5,13-14H2,1-3H3,(H,23,25,26)/b17-15+. The van der Waals surface area contributed by atoms with E-state index < -0.39 is 5.41 Å². The molecule has 0 bridgehead atoms. The van der Waals surface area contributed by atoms with Gasteiger partial charge in [0.15, 0.2) is 0 Å². The quantitative estimate of drug-likeness (QED) is 0.754. The Kier molecular flexibility index (Phi) is 5.61. The van der Waals surface area contributed by atoms with E-state index in [1.165, 1.54) is 0 Å². The van der Waals surface area contributed by atoms with Crippen molar-refractivity contribution in [2.45, 2.75) is 20.3 Å². The Morgan fingerprint density at radius 1 is 1.15 bits per heavy atom. The molecule has 27 heavy (non-hydrogen) atoms. The molecule has 1 atom stereocenters. The topological polar surface area (TPSA) is 58.6 Å². The van der Waals surface area contributed by atoms with E-state index in [1.807, 2.05) is 42.5 Å². The van der Waals surface area contributed by atoms with Crippen molar-refractivity contribution in [1.29, 1.82) is 0 Å². The van der Waals surface area contributed by atoms with Crippen molar-refractivity contribution in [2.24, 2.45) is 5.41 Å². The third-order valence-corrected chi connectivity index (χ3v) is 5.49. The summed E-state index contributed by atoms with van der Waals surface area (Å²) in [5, 5.41) is 2.53. The highest BCUT2D eigenvalue weighted by Crippen LogP contribution is 2.46. The third kappa shape index (κ3) is 3.47. The summed E-state index contributed by atoms with van der Waals surface area (Å²) in [5.74, 6) is 0.265. The number of rotatable bonds is 7. The summed E-state index contributed by atoms with van der Waals surface area (Å²) in [7, 11) is 1.63. The molecule has 2 aliphatic rings. The summed E-state index contributed by atoms with van der Waals surface area (Å²) < 4.78 is 5.21. The second kappa shape index (κ2) is 7.92. The van der Waals surface area contributed by atoms with Crippen molar-refractivity contribution in [1.82, 2.24) is 10.2 Å². The van der Waals surface area contributed by atoms with Crippen LogP contribution in [0.25, 0.3) is 6.08 Å². The van der Waals surface area contributed by atoms with Gasteiger partial charge in [0.1, 0.15) is 11.2 Å². The van der Waals surface area contributed by atoms with Crippen molar-refractivity contribution in [3.05, 3.63) is 59.2 Å². The number of methoxy groups -OCH3 is 1. The molecule has 5 nitrogen and oxygen atoms in total. The molecule has 3 rings (SSSR count). The molecule has 1 aliphatic heterocycles. The van der Waals surface area contributed by atoms with Crippen LogP contribution in [0.15, 0.2) is 53.6 Å². The lowest BCUT2D eigenvalue weighted by Gasteiger charge is -2.32. The maximum Gasteiger partial charge on any atom is 0.255 e. The van der Waals surface area contributed by atoms with Gasteiger partial charge in [-0.3, -0.25) is 14.9 Å². The van der Waals surface area contributed by atoms with Crippen LogP contribution < -0.4 is 10.1 Å². The third-order valence-electron chi connectivity index (χ3n) is 5.49. The minimum Gasteiger partial charge on any atom is -0.497 e. The van der Waals surface area contributed by atoms with E-state index in [2.05, 4.69) is 24.1 Å². The SMILES string of the molecule is CCN(CC)CCC12C(=O)NC(=O)C1=CC=C/C2=C\c1ccc(OC)cc1. The Morgan fingerprint density at radius 2 is 1.85 bits per heavy atom. The summed E-state index contributed by atoms with van der Waals surface area (Å²) >= 11 is 0. The number of hydrogen-bond donors (Lipinski definition) is 1. The number of ether oxygens (including phenoxy) is 1.